The van der Waals surface area contributed by atoms with E-state index in [1.54, 1.807) is 6.92 Å². The molecule has 3 aliphatic heterocycles. The first-order valence-electron chi connectivity index (χ1n) is 11.9. The molecule has 3 saturated heterocycles. The zero-order chi connectivity index (χ0) is 21.4. The fourth-order valence-corrected chi connectivity index (χ4v) is 6.23. The number of hydrogen-bond donors (Lipinski definition) is 1. The van der Waals surface area contributed by atoms with Crippen LogP contribution in [0.15, 0.2) is 24.3 Å². The van der Waals surface area contributed by atoms with Crippen LogP contribution >= 0.6 is 0 Å². The van der Waals surface area contributed by atoms with Gasteiger partial charge in [0.05, 0.1) is 5.60 Å². The second-order valence-corrected chi connectivity index (χ2v) is 10.1. The maximum Gasteiger partial charge on any atom is 0.219 e. The summed E-state index contributed by atoms with van der Waals surface area (Å²) in [6.45, 7) is 10.7. The van der Waals surface area contributed by atoms with Crippen molar-refractivity contribution < 1.29 is 9.90 Å². The molecule has 3 heterocycles. The highest BCUT2D eigenvalue weighted by molar-refractivity contribution is 5.74. The summed E-state index contributed by atoms with van der Waals surface area (Å²) in [5.41, 5.74) is 1.93. The first-order valence-corrected chi connectivity index (χ1v) is 11.9. The Bertz CT molecular complexity index is 759. The molecule has 0 spiro atoms. The van der Waals surface area contributed by atoms with E-state index < -0.39 is 5.60 Å². The number of nitrogens with zero attached hydrogens (tertiary/aromatic N) is 3. The van der Waals surface area contributed by atoms with Crippen LogP contribution in [0.1, 0.15) is 64.4 Å². The van der Waals surface area contributed by atoms with E-state index in [1.807, 2.05) is 0 Å². The highest BCUT2D eigenvalue weighted by atomic mass is 16.3. The Hall–Kier alpha value is -1.59. The Morgan fingerprint density at radius 3 is 2.50 bits per heavy atom. The Morgan fingerprint density at radius 2 is 1.80 bits per heavy atom. The van der Waals surface area contributed by atoms with Crippen molar-refractivity contribution in [3.8, 4) is 0 Å². The molecular formula is C25H39N3O2. The lowest BCUT2D eigenvalue weighted by molar-refractivity contribution is -0.140. The van der Waals surface area contributed by atoms with E-state index in [0.717, 1.165) is 71.2 Å². The molecule has 166 valence electrons. The maximum atomic E-state index is 12.3. The summed E-state index contributed by atoms with van der Waals surface area (Å²) in [6, 6.07) is 8.83. The smallest absolute Gasteiger partial charge is 0.219 e. The van der Waals surface area contributed by atoms with Gasteiger partial charge in [-0.05, 0) is 70.5 Å². The Labute approximate surface area is 182 Å². The zero-order valence-corrected chi connectivity index (χ0v) is 19.1. The van der Waals surface area contributed by atoms with Gasteiger partial charge < -0.3 is 14.9 Å². The molecule has 3 aliphatic rings. The zero-order valence-electron chi connectivity index (χ0n) is 19.1. The van der Waals surface area contributed by atoms with Crippen molar-refractivity contribution >= 4 is 11.6 Å². The molecule has 1 aromatic rings. The number of likely N-dealkylation sites (tertiary alicyclic amines) is 2. The minimum Gasteiger partial charge on any atom is -0.388 e. The number of anilines is 1. The molecule has 5 nitrogen and oxygen atoms in total. The minimum atomic E-state index is -0.643. The van der Waals surface area contributed by atoms with Gasteiger partial charge in [0.1, 0.15) is 0 Å². The summed E-state index contributed by atoms with van der Waals surface area (Å²) in [6.07, 6.45) is 7.19. The molecular weight excluding hydrogens is 374 g/mol. The van der Waals surface area contributed by atoms with E-state index in [1.165, 1.54) is 17.7 Å². The Morgan fingerprint density at radius 1 is 1.07 bits per heavy atom. The quantitative estimate of drug-likeness (QED) is 0.823. The summed E-state index contributed by atoms with van der Waals surface area (Å²) < 4.78 is 0. The maximum absolute atomic E-state index is 12.3. The van der Waals surface area contributed by atoms with E-state index in [4.69, 9.17) is 0 Å². The third kappa shape index (κ3) is 4.11. The van der Waals surface area contributed by atoms with Gasteiger partial charge in [0.25, 0.3) is 0 Å². The van der Waals surface area contributed by atoms with Gasteiger partial charge in [-0.15, -0.1) is 0 Å². The summed E-state index contributed by atoms with van der Waals surface area (Å²) >= 11 is 0. The van der Waals surface area contributed by atoms with Gasteiger partial charge in [0.15, 0.2) is 0 Å². The number of aliphatic hydroxyl groups is 1. The van der Waals surface area contributed by atoms with Gasteiger partial charge >= 0.3 is 0 Å². The molecule has 0 aromatic heterocycles. The van der Waals surface area contributed by atoms with Crippen molar-refractivity contribution in [3.63, 3.8) is 0 Å². The SMILES string of the molecule is CC(=O)N1CCC[C@@]2(C)[C@@H]1CCCCN2CC1(O)CCN(c2ccccc2C)CC1. The molecule has 1 amide bonds. The van der Waals surface area contributed by atoms with Crippen LogP contribution in [0, 0.1) is 6.92 Å². The summed E-state index contributed by atoms with van der Waals surface area (Å²) in [5.74, 6) is 0.207. The number of carbonyl (C=O) groups is 1. The van der Waals surface area contributed by atoms with E-state index in [2.05, 4.69) is 52.8 Å². The van der Waals surface area contributed by atoms with Crippen LogP contribution in [0.3, 0.4) is 0 Å². The lowest BCUT2D eigenvalue weighted by Gasteiger charge is -2.54. The standard InChI is InChI=1S/C25H39N3O2/c1-20-9-4-5-10-22(20)26-17-13-25(30,14-18-26)19-27-15-7-6-11-23-24(27,3)12-8-16-28(23)21(2)29/h4-5,9-10,23,30H,6-8,11-19H2,1-3H3/t23-,24-/m0/s1. The molecule has 0 unspecified atom stereocenters. The average Bonchev–Trinajstić information content (AvgIpc) is 2.87. The Balaban J connectivity index is 1.47. The molecule has 30 heavy (non-hydrogen) atoms. The van der Waals surface area contributed by atoms with Crippen molar-refractivity contribution in [2.75, 3.05) is 37.6 Å². The number of rotatable bonds is 3. The topological polar surface area (TPSA) is 47.0 Å². The van der Waals surface area contributed by atoms with Crippen LogP contribution in [0.4, 0.5) is 5.69 Å². The first kappa shape index (κ1) is 21.6. The Kier molecular flexibility index (Phi) is 6.13. The molecule has 2 atom stereocenters. The largest absolute Gasteiger partial charge is 0.388 e. The van der Waals surface area contributed by atoms with Crippen LogP contribution in [0.5, 0.6) is 0 Å². The van der Waals surface area contributed by atoms with Crippen molar-refractivity contribution in [2.45, 2.75) is 82.9 Å². The number of hydrogen-bond acceptors (Lipinski definition) is 4. The number of benzene rings is 1. The van der Waals surface area contributed by atoms with Crippen LogP contribution in [0.2, 0.25) is 0 Å². The molecule has 0 radical (unpaired) electrons. The van der Waals surface area contributed by atoms with Gasteiger partial charge in [0.2, 0.25) is 5.91 Å². The second kappa shape index (κ2) is 8.51. The number of para-hydroxylation sites is 1. The number of piperidine rings is 2. The third-order valence-corrected chi connectivity index (χ3v) is 8.09. The summed E-state index contributed by atoms with van der Waals surface area (Å²) in [5, 5.41) is 11.6. The molecule has 4 rings (SSSR count). The van der Waals surface area contributed by atoms with Crippen molar-refractivity contribution in [1.82, 2.24) is 9.80 Å². The summed E-state index contributed by atoms with van der Waals surface area (Å²) in [7, 11) is 0. The third-order valence-electron chi connectivity index (χ3n) is 8.09. The van der Waals surface area contributed by atoms with Gasteiger partial charge in [-0.2, -0.15) is 0 Å². The number of aryl methyl sites for hydroxylation is 1. The first-order chi connectivity index (χ1) is 14.3. The predicted octanol–water partition coefficient (Wildman–Crippen LogP) is 3.58. The molecule has 1 aromatic carbocycles. The van der Waals surface area contributed by atoms with Crippen LogP contribution in [-0.2, 0) is 4.79 Å². The number of carbonyl (C=O) groups excluding carboxylic acids is 1. The molecule has 5 heteroatoms. The van der Waals surface area contributed by atoms with Gasteiger partial charge in [0, 0.05) is 50.4 Å². The van der Waals surface area contributed by atoms with Crippen LogP contribution in [-0.4, -0.2) is 70.7 Å². The van der Waals surface area contributed by atoms with Gasteiger partial charge in [-0.3, -0.25) is 9.69 Å². The lowest BCUT2D eigenvalue weighted by Crippen LogP contribution is -2.66. The predicted molar refractivity (Wildman–Crippen MR) is 122 cm³/mol. The van der Waals surface area contributed by atoms with Crippen molar-refractivity contribution in [2.24, 2.45) is 0 Å². The summed E-state index contributed by atoms with van der Waals surface area (Å²) in [4.78, 5) is 19.4. The highest BCUT2D eigenvalue weighted by Gasteiger charge is 2.49. The monoisotopic (exact) mass is 413 g/mol. The molecule has 3 fully saturated rings. The number of amides is 1. The van der Waals surface area contributed by atoms with Crippen molar-refractivity contribution in [1.29, 1.82) is 0 Å². The average molecular weight is 414 g/mol. The minimum absolute atomic E-state index is 0.0245. The normalized spacial score (nSPS) is 29.9. The van der Waals surface area contributed by atoms with Crippen LogP contribution in [0.25, 0.3) is 0 Å². The van der Waals surface area contributed by atoms with Gasteiger partial charge in [-0.1, -0.05) is 24.6 Å². The number of fused-ring (bicyclic) bond motifs is 1. The fraction of sp³-hybridized carbons (Fsp3) is 0.720. The molecule has 0 bridgehead atoms. The van der Waals surface area contributed by atoms with Gasteiger partial charge in [-0.25, -0.2) is 0 Å². The molecule has 0 aliphatic carbocycles. The van der Waals surface area contributed by atoms with E-state index in [-0.39, 0.29) is 17.5 Å². The van der Waals surface area contributed by atoms with E-state index in [0.29, 0.717) is 0 Å². The highest BCUT2D eigenvalue weighted by Crippen LogP contribution is 2.40. The van der Waals surface area contributed by atoms with Crippen molar-refractivity contribution in [3.05, 3.63) is 29.8 Å². The molecule has 0 saturated carbocycles. The second-order valence-electron chi connectivity index (χ2n) is 10.1. The van der Waals surface area contributed by atoms with Crippen LogP contribution < -0.4 is 4.90 Å². The van der Waals surface area contributed by atoms with E-state index >= 15 is 0 Å². The lowest BCUT2D eigenvalue weighted by atomic mass is 9.78. The number of β-amino-alcohol motifs (C(OH)–C–C–N with tert-alkyl or cyclic N) is 1. The molecule has 1 N–H and O–H groups in total. The fourth-order valence-electron chi connectivity index (χ4n) is 6.23. The van der Waals surface area contributed by atoms with E-state index in [9.17, 15) is 9.90 Å².